The van der Waals surface area contributed by atoms with Crippen LogP contribution in [0.2, 0.25) is 0 Å². The molecule has 8 nitrogen and oxygen atoms in total. The normalized spacial score (nSPS) is 14.3. The van der Waals surface area contributed by atoms with Gasteiger partial charge in [-0.15, -0.1) is 10.2 Å². The third-order valence-corrected chi connectivity index (χ3v) is 6.28. The van der Waals surface area contributed by atoms with Crippen LogP contribution in [-0.4, -0.2) is 30.7 Å². The lowest BCUT2D eigenvalue weighted by atomic mass is 10.2. The van der Waals surface area contributed by atoms with Gasteiger partial charge in [-0.2, -0.15) is 0 Å². The van der Waals surface area contributed by atoms with Crippen molar-refractivity contribution in [2.24, 2.45) is 0 Å². The fraction of sp³-hybridized carbons (Fsp3) is 0.333. The van der Waals surface area contributed by atoms with Crippen molar-refractivity contribution in [3.8, 4) is 17.3 Å². The van der Waals surface area contributed by atoms with Gasteiger partial charge in [0, 0.05) is 23.2 Å². The van der Waals surface area contributed by atoms with Crippen LogP contribution in [0.5, 0.6) is 5.75 Å². The number of nitrogens with zero attached hydrogens (tertiary/aromatic N) is 2. The molecule has 4 rings (SSSR count). The maximum atomic E-state index is 13.9. The molecule has 0 amide bonds. The number of benzene rings is 1. The van der Waals surface area contributed by atoms with Crippen LogP contribution in [0.3, 0.4) is 0 Å². The fourth-order valence-electron chi connectivity index (χ4n) is 3.12. The van der Waals surface area contributed by atoms with Gasteiger partial charge in [-0.25, -0.2) is 12.8 Å². The molecule has 0 unspecified atom stereocenters. The lowest BCUT2D eigenvalue weighted by Gasteiger charge is -2.10. The Balaban J connectivity index is 1.67. The molecule has 0 bridgehead atoms. The molecule has 10 heteroatoms. The Morgan fingerprint density at radius 1 is 1.29 bits per heavy atom. The summed E-state index contributed by atoms with van der Waals surface area (Å²) in [7, 11) is -2.64. The summed E-state index contributed by atoms with van der Waals surface area (Å²) in [6.45, 7) is 3.29. The molecule has 148 valence electrons. The minimum atomic E-state index is -3.97. The minimum absolute atomic E-state index is 0.0297. The van der Waals surface area contributed by atoms with E-state index in [9.17, 15) is 12.8 Å². The maximum absolute atomic E-state index is 13.9. The van der Waals surface area contributed by atoms with Crippen molar-refractivity contribution in [3.05, 3.63) is 41.2 Å². The Kier molecular flexibility index (Phi) is 4.37. The van der Waals surface area contributed by atoms with Crippen molar-refractivity contribution in [1.29, 1.82) is 0 Å². The number of methoxy groups -OCH3 is 1. The van der Waals surface area contributed by atoms with Crippen LogP contribution in [0.25, 0.3) is 11.6 Å². The smallest absolute Gasteiger partial charge is 0.264 e. The predicted octanol–water partition coefficient (Wildman–Crippen LogP) is 3.51. The van der Waals surface area contributed by atoms with Gasteiger partial charge in [-0.1, -0.05) is 0 Å². The van der Waals surface area contributed by atoms with Gasteiger partial charge in [0.1, 0.15) is 10.6 Å². The van der Waals surface area contributed by atoms with Crippen LogP contribution in [0.4, 0.5) is 10.1 Å². The number of hydrogen-bond donors (Lipinski definition) is 2. The number of aryl methyl sites for hydroxylation is 1. The Hall–Kier alpha value is -2.88. The van der Waals surface area contributed by atoms with Crippen molar-refractivity contribution < 1.29 is 22.0 Å². The summed E-state index contributed by atoms with van der Waals surface area (Å²) < 4.78 is 52.7. The number of rotatable bonds is 6. The zero-order valence-corrected chi connectivity index (χ0v) is 16.4. The summed E-state index contributed by atoms with van der Waals surface area (Å²) in [5.41, 5.74) is 1.41. The molecule has 0 radical (unpaired) electrons. The zero-order valence-electron chi connectivity index (χ0n) is 15.5. The molecular formula is C18H19FN4O4S. The largest absolute Gasteiger partial charge is 0.494 e. The maximum Gasteiger partial charge on any atom is 0.264 e. The molecule has 1 aliphatic rings. The monoisotopic (exact) mass is 406 g/mol. The highest BCUT2D eigenvalue weighted by Crippen LogP contribution is 2.40. The second-order valence-electron chi connectivity index (χ2n) is 6.75. The van der Waals surface area contributed by atoms with Crippen molar-refractivity contribution in [3.63, 3.8) is 0 Å². The number of halogens is 1. The number of sulfonamides is 1. The molecular weight excluding hydrogens is 387 g/mol. The Morgan fingerprint density at radius 3 is 2.68 bits per heavy atom. The van der Waals surface area contributed by atoms with E-state index in [1.165, 1.54) is 19.2 Å². The van der Waals surface area contributed by atoms with E-state index in [1.54, 1.807) is 13.8 Å². The number of nitrogens with one attached hydrogen (secondary N) is 2. The van der Waals surface area contributed by atoms with Crippen LogP contribution in [0, 0.1) is 19.7 Å². The van der Waals surface area contributed by atoms with Gasteiger partial charge in [0.25, 0.3) is 15.9 Å². The summed E-state index contributed by atoms with van der Waals surface area (Å²) >= 11 is 0. The number of hydrogen-bond acceptors (Lipinski definition) is 6. The third-order valence-electron chi connectivity index (χ3n) is 4.62. The van der Waals surface area contributed by atoms with Crippen molar-refractivity contribution in [2.45, 2.75) is 37.5 Å². The summed E-state index contributed by atoms with van der Waals surface area (Å²) in [6.07, 6.45) is 2.04. The van der Waals surface area contributed by atoms with Gasteiger partial charge in [-0.3, -0.25) is 4.72 Å². The van der Waals surface area contributed by atoms with E-state index in [4.69, 9.17) is 9.15 Å². The minimum Gasteiger partial charge on any atom is -0.494 e. The van der Waals surface area contributed by atoms with Crippen molar-refractivity contribution in [1.82, 2.24) is 15.2 Å². The standard InChI is InChI=1S/C18H19FN4O4S/c1-9-15(18-22-21-17(27-18)11-4-5-11)20-10(2)16(9)28(24,25)23-12-6-7-14(26-3)13(19)8-12/h6-8,11,20,23H,4-5H2,1-3H3. The molecule has 1 fully saturated rings. The first-order chi connectivity index (χ1) is 13.3. The molecule has 2 N–H and O–H groups in total. The molecule has 28 heavy (non-hydrogen) atoms. The second-order valence-corrected chi connectivity index (χ2v) is 8.37. The predicted molar refractivity (Wildman–Crippen MR) is 99.3 cm³/mol. The first-order valence-electron chi connectivity index (χ1n) is 8.69. The highest BCUT2D eigenvalue weighted by Gasteiger charge is 2.31. The van der Waals surface area contributed by atoms with Gasteiger partial charge in [0.2, 0.25) is 5.89 Å². The van der Waals surface area contributed by atoms with E-state index < -0.39 is 15.8 Å². The first-order valence-corrected chi connectivity index (χ1v) is 10.2. The van der Waals surface area contributed by atoms with Gasteiger partial charge in [-0.05, 0) is 38.8 Å². The van der Waals surface area contributed by atoms with E-state index >= 15 is 0 Å². The lowest BCUT2D eigenvalue weighted by Crippen LogP contribution is -2.14. The van der Waals surface area contributed by atoms with Crippen LogP contribution >= 0.6 is 0 Å². The number of aromatic nitrogens is 3. The first kappa shape index (κ1) is 18.5. The number of H-pyrrole nitrogens is 1. The third kappa shape index (κ3) is 3.24. The summed E-state index contributed by atoms with van der Waals surface area (Å²) in [5.74, 6) is 0.483. The average molecular weight is 406 g/mol. The number of ether oxygens (including phenoxy) is 1. The topological polar surface area (TPSA) is 110 Å². The van der Waals surface area contributed by atoms with E-state index in [1.807, 2.05) is 0 Å². The molecule has 3 aromatic rings. The van der Waals surface area contributed by atoms with Gasteiger partial charge in [0.15, 0.2) is 11.6 Å². The molecule has 1 aliphatic carbocycles. The lowest BCUT2D eigenvalue weighted by molar-refractivity contribution is 0.386. The van der Waals surface area contributed by atoms with Crippen LogP contribution in [-0.2, 0) is 10.0 Å². The summed E-state index contributed by atoms with van der Waals surface area (Å²) in [5, 5.41) is 8.07. The molecule has 1 aromatic carbocycles. The molecule has 0 saturated heterocycles. The number of aromatic amines is 1. The Bertz CT molecular complexity index is 1150. The van der Waals surface area contributed by atoms with E-state index in [0.717, 1.165) is 18.9 Å². The average Bonchev–Trinajstić information content (AvgIpc) is 3.28. The SMILES string of the molecule is COc1ccc(NS(=O)(=O)c2c(C)[nH]c(-c3nnc(C4CC4)o3)c2C)cc1F. The van der Waals surface area contributed by atoms with E-state index in [-0.39, 0.29) is 22.2 Å². The summed E-state index contributed by atoms with van der Waals surface area (Å²) in [6, 6.07) is 3.85. The van der Waals surface area contributed by atoms with Crippen LogP contribution in [0.1, 0.15) is 35.9 Å². The van der Waals surface area contributed by atoms with Crippen LogP contribution in [0.15, 0.2) is 27.5 Å². The summed E-state index contributed by atoms with van der Waals surface area (Å²) in [4.78, 5) is 3.07. The van der Waals surface area contributed by atoms with Crippen molar-refractivity contribution in [2.75, 3.05) is 11.8 Å². The molecule has 2 heterocycles. The van der Waals surface area contributed by atoms with Crippen LogP contribution < -0.4 is 9.46 Å². The quantitative estimate of drug-likeness (QED) is 0.648. The molecule has 0 atom stereocenters. The van der Waals surface area contributed by atoms with Gasteiger partial charge >= 0.3 is 0 Å². The molecule has 1 saturated carbocycles. The van der Waals surface area contributed by atoms with Gasteiger partial charge < -0.3 is 14.1 Å². The highest BCUT2D eigenvalue weighted by atomic mass is 32.2. The molecule has 0 spiro atoms. The Morgan fingerprint density at radius 2 is 2.04 bits per heavy atom. The zero-order chi connectivity index (χ0) is 20.1. The second kappa shape index (κ2) is 6.62. The van der Waals surface area contributed by atoms with E-state index in [0.29, 0.717) is 28.8 Å². The number of anilines is 1. The van der Waals surface area contributed by atoms with Gasteiger partial charge in [0.05, 0.1) is 12.8 Å². The fourth-order valence-corrected chi connectivity index (χ4v) is 4.62. The van der Waals surface area contributed by atoms with Crippen molar-refractivity contribution >= 4 is 15.7 Å². The highest BCUT2D eigenvalue weighted by molar-refractivity contribution is 7.92. The molecule has 2 aromatic heterocycles. The Labute approximate surface area is 161 Å². The molecule has 0 aliphatic heterocycles. The van der Waals surface area contributed by atoms with E-state index in [2.05, 4.69) is 19.9 Å².